The zero-order valence-corrected chi connectivity index (χ0v) is 33.2. The predicted octanol–water partition coefficient (Wildman–Crippen LogP) is 5.21. The second kappa shape index (κ2) is 15.7. The highest BCUT2D eigenvalue weighted by atomic mass is 32.2. The molecule has 1 aromatic carbocycles. The number of sulfonamides is 1. The van der Waals surface area contributed by atoms with Crippen LogP contribution in [0.15, 0.2) is 36.4 Å². The minimum Gasteiger partial charge on any atom is -0.471 e. The van der Waals surface area contributed by atoms with Gasteiger partial charge in [0.25, 0.3) is 5.91 Å². The summed E-state index contributed by atoms with van der Waals surface area (Å²) in [7, 11) is -3.97. The first kappa shape index (κ1) is 38.8. The fraction of sp³-hybridized carbons (Fsp3) is 0.667. The minimum atomic E-state index is -3.97. The summed E-state index contributed by atoms with van der Waals surface area (Å²) in [5.74, 6) is -2.48. The first-order valence-electron chi connectivity index (χ1n) is 20.9. The number of nitrogens with one attached hydrogen (secondary N) is 2. The summed E-state index contributed by atoms with van der Waals surface area (Å²) in [5.41, 5.74) is 0.684. The lowest BCUT2D eigenvalue weighted by Crippen LogP contribution is -2.57. The van der Waals surface area contributed by atoms with E-state index in [4.69, 9.17) is 19.4 Å². The fourth-order valence-corrected chi connectivity index (χ4v) is 10.6. The molecule has 13 nitrogen and oxygen atoms in total. The third kappa shape index (κ3) is 8.04. The Morgan fingerprint density at radius 1 is 0.929 bits per heavy atom. The average Bonchev–Trinajstić information content (AvgIpc) is 3.97. The van der Waals surface area contributed by atoms with Crippen molar-refractivity contribution >= 4 is 44.7 Å². The maximum absolute atomic E-state index is 14.7. The van der Waals surface area contributed by atoms with Crippen LogP contribution >= 0.6 is 0 Å². The summed E-state index contributed by atoms with van der Waals surface area (Å²) in [4.78, 5) is 68.2. The molecule has 0 unspecified atom stereocenters. The monoisotopic (exact) mass is 789 g/mol. The first-order chi connectivity index (χ1) is 26.9. The molecule has 302 valence electrons. The molecular weight excluding hydrogens is 735 g/mol. The normalized spacial score (nSPS) is 32.6. The molecule has 3 saturated carbocycles. The minimum absolute atomic E-state index is 0.0658. The van der Waals surface area contributed by atoms with Gasteiger partial charge in [0.05, 0.1) is 28.7 Å². The van der Waals surface area contributed by atoms with Gasteiger partial charge in [-0.1, -0.05) is 50.0 Å². The van der Waals surface area contributed by atoms with Crippen LogP contribution in [0.4, 0.5) is 0 Å². The smallest absolute Gasteiger partial charge is 0.306 e. The van der Waals surface area contributed by atoms with Gasteiger partial charge in [0.2, 0.25) is 27.7 Å². The summed E-state index contributed by atoms with van der Waals surface area (Å²) in [6.07, 6.45) is 15.2. The molecule has 1 aromatic heterocycles. The topological polar surface area (TPSA) is 174 Å². The Morgan fingerprint density at radius 3 is 2.48 bits per heavy atom. The number of aromatic nitrogens is 2. The molecule has 3 aliphatic carbocycles. The van der Waals surface area contributed by atoms with E-state index in [1.54, 1.807) is 6.92 Å². The first-order valence-corrected chi connectivity index (χ1v) is 22.4. The number of benzene rings is 1. The summed E-state index contributed by atoms with van der Waals surface area (Å²) < 4.78 is 40.4. The molecule has 4 heterocycles. The van der Waals surface area contributed by atoms with Crippen molar-refractivity contribution in [2.45, 2.75) is 151 Å². The molecule has 2 N–H and O–H groups in total. The number of para-hydroxylation sites is 2. The maximum Gasteiger partial charge on any atom is 0.306 e. The van der Waals surface area contributed by atoms with Gasteiger partial charge in [0, 0.05) is 18.3 Å². The highest BCUT2D eigenvalue weighted by Crippen LogP contribution is 2.47. The lowest BCUT2D eigenvalue weighted by molar-refractivity contribution is -0.155. The second-order valence-corrected chi connectivity index (χ2v) is 19.6. The van der Waals surface area contributed by atoms with Crippen molar-refractivity contribution in [1.82, 2.24) is 24.9 Å². The number of carbonyl (C=O) groups is 4. The molecule has 0 spiro atoms. The average molecular weight is 790 g/mol. The van der Waals surface area contributed by atoms with Gasteiger partial charge in [0.1, 0.15) is 29.5 Å². The predicted molar refractivity (Wildman–Crippen MR) is 207 cm³/mol. The van der Waals surface area contributed by atoms with Crippen LogP contribution in [-0.4, -0.2) is 82.1 Å². The Labute approximate surface area is 329 Å². The summed E-state index contributed by atoms with van der Waals surface area (Å²) >= 11 is 0. The van der Waals surface area contributed by atoms with Crippen LogP contribution in [0.3, 0.4) is 0 Å². The van der Waals surface area contributed by atoms with E-state index >= 15 is 0 Å². The third-order valence-corrected chi connectivity index (χ3v) is 15.4. The molecule has 4 fully saturated rings. The number of fused-ring (bicyclic) bond motifs is 6. The van der Waals surface area contributed by atoms with Crippen molar-refractivity contribution in [1.29, 1.82) is 0 Å². The molecular formula is C42H55N5O8S. The molecule has 3 bridgehead atoms. The van der Waals surface area contributed by atoms with Crippen LogP contribution in [-0.2, 0) is 40.4 Å². The molecule has 7 atom stereocenters. The quantitative estimate of drug-likeness (QED) is 0.311. The number of ether oxygens (including phenoxy) is 2. The summed E-state index contributed by atoms with van der Waals surface area (Å²) in [5, 5.41) is 2.95. The van der Waals surface area contributed by atoms with E-state index < -0.39 is 56.1 Å². The van der Waals surface area contributed by atoms with Crippen LogP contribution in [0.25, 0.3) is 11.0 Å². The zero-order chi connectivity index (χ0) is 39.1. The standard InChI is InChI=1S/C42H55N5O8S/c1-41(21-22-41)56(52,53)46-40(51)42-25-29(42)16-8-4-2-3-6-14-28-23-36(48)55-35-20-12-15-27(35)13-7-5-9-19-33-38(44-32-18-11-10-17-31(32)43-33)54-30-24-34(37(49)45-42)47(26-30)39(28)50/h8,10-11,16-18,27-30,34-35H,2-7,9,12-15,19-26H2,1H3,(H,45,49)(H,46,51)/t27-,28-,29-,30-,34+,35-,42-/m1/s1. The van der Waals surface area contributed by atoms with Gasteiger partial charge in [0.15, 0.2) is 0 Å². The van der Waals surface area contributed by atoms with E-state index in [0.29, 0.717) is 43.0 Å². The lowest BCUT2D eigenvalue weighted by Gasteiger charge is -2.30. The second-order valence-electron chi connectivity index (χ2n) is 17.4. The van der Waals surface area contributed by atoms with Gasteiger partial charge in [-0.3, -0.25) is 23.9 Å². The van der Waals surface area contributed by atoms with E-state index in [9.17, 15) is 27.6 Å². The van der Waals surface area contributed by atoms with Crippen molar-refractivity contribution in [3.8, 4) is 5.88 Å². The van der Waals surface area contributed by atoms with E-state index in [0.717, 1.165) is 81.8 Å². The Kier molecular flexibility index (Phi) is 10.9. The van der Waals surface area contributed by atoms with Crippen LogP contribution in [0.2, 0.25) is 0 Å². The fourth-order valence-electron chi connectivity index (χ4n) is 9.30. The number of carbonyl (C=O) groups excluding carboxylic acids is 4. The Morgan fingerprint density at radius 2 is 1.68 bits per heavy atom. The van der Waals surface area contributed by atoms with Crippen molar-refractivity contribution in [2.75, 3.05) is 6.54 Å². The van der Waals surface area contributed by atoms with Gasteiger partial charge in [-0.15, -0.1) is 0 Å². The zero-order valence-electron chi connectivity index (χ0n) is 32.4. The van der Waals surface area contributed by atoms with E-state index in [2.05, 4.69) is 10.0 Å². The number of nitrogens with zero attached hydrogens (tertiary/aromatic N) is 3. The van der Waals surface area contributed by atoms with E-state index in [1.807, 2.05) is 36.4 Å². The molecule has 0 radical (unpaired) electrons. The van der Waals surface area contributed by atoms with Crippen molar-refractivity contribution in [3.63, 3.8) is 0 Å². The van der Waals surface area contributed by atoms with Crippen LogP contribution in [0.1, 0.15) is 122 Å². The molecule has 3 aliphatic heterocycles. The SMILES string of the molecule is CC1(S(=O)(=O)NC(=O)[C@@]23C[C@H]2C=CCCCCC[C@@H]2CC(=O)O[C@@H]4CCC[C@H]4CCCCCc4nc5ccccc5nc4O[C@@H]4C[C@@H](C(=O)N3)N(C4)C2=O)CC1. The van der Waals surface area contributed by atoms with Crippen LogP contribution in [0.5, 0.6) is 5.88 Å². The number of hydrogen-bond acceptors (Lipinski definition) is 10. The van der Waals surface area contributed by atoms with Crippen molar-refractivity contribution in [3.05, 3.63) is 42.1 Å². The van der Waals surface area contributed by atoms with Gasteiger partial charge in [-0.05, 0) is 102 Å². The molecule has 8 rings (SSSR count). The summed E-state index contributed by atoms with van der Waals surface area (Å²) in [6.45, 7) is 1.68. The van der Waals surface area contributed by atoms with Gasteiger partial charge in [-0.25, -0.2) is 18.4 Å². The van der Waals surface area contributed by atoms with E-state index in [1.165, 1.54) is 4.90 Å². The number of esters is 1. The summed E-state index contributed by atoms with van der Waals surface area (Å²) in [6, 6.07) is 6.58. The Bertz CT molecular complexity index is 2000. The molecule has 2 aromatic rings. The molecule has 6 aliphatic rings. The molecule has 14 heteroatoms. The van der Waals surface area contributed by atoms with Crippen LogP contribution in [0, 0.1) is 17.8 Å². The number of aryl methyl sites for hydroxylation is 1. The lowest BCUT2D eigenvalue weighted by atomic mass is 9.94. The van der Waals surface area contributed by atoms with Gasteiger partial charge in [-0.2, -0.15) is 0 Å². The Balaban J connectivity index is 1.13. The van der Waals surface area contributed by atoms with Crippen molar-refractivity contribution in [2.24, 2.45) is 17.8 Å². The number of amides is 3. The van der Waals surface area contributed by atoms with E-state index in [-0.39, 0.29) is 43.8 Å². The Hall–Kier alpha value is -4.07. The number of hydrogen-bond donors (Lipinski definition) is 2. The largest absolute Gasteiger partial charge is 0.471 e. The maximum atomic E-state index is 14.7. The number of rotatable bonds is 3. The van der Waals surface area contributed by atoms with Crippen LogP contribution < -0.4 is 14.8 Å². The van der Waals surface area contributed by atoms with Gasteiger partial charge >= 0.3 is 5.97 Å². The van der Waals surface area contributed by atoms with Crippen molar-refractivity contribution < 1.29 is 37.1 Å². The third-order valence-electron chi connectivity index (χ3n) is 13.2. The molecule has 1 saturated heterocycles. The highest BCUT2D eigenvalue weighted by molar-refractivity contribution is 7.91. The highest BCUT2D eigenvalue weighted by Gasteiger charge is 2.63. The molecule has 3 amide bonds. The molecule has 56 heavy (non-hydrogen) atoms. The van der Waals surface area contributed by atoms with Gasteiger partial charge < -0.3 is 19.7 Å². The number of allylic oxidation sites excluding steroid dienone is 1.